The van der Waals surface area contributed by atoms with Gasteiger partial charge >= 0.3 is 0 Å². The van der Waals surface area contributed by atoms with Crippen molar-refractivity contribution in [2.24, 2.45) is 0 Å². The predicted molar refractivity (Wildman–Crippen MR) is 79.8 cm³/mol. The Morgan fingerprint density at radius 1 is 1.16 bits per heavy atom. The summed E-state index contributed by atoms with van der Waals surface area (Å²) in [4.78, 5) is 11.2. The Morgan fingerprint density at radius 3 is 2.32 bits per heavy atom. The molecule has 0 aliphatic heterocycles. The highest BCUT2D eigenvalue weighted by molar-refractivity contribution is 5.77. The fourth-order valence-corrected chi connectivity index (χ4v) is 1.84. The second-order valence-electron chi connectivity index (χ2n) is 5.61. The zero-order valence-corrected chi connectivity index (χ0v) is 12.7. The van der Waals surface area contributed by atoms with Crippen LogP contribution < -0.4 is 4.74 Å². The van der Waals surface area contributed by atoms with Gasteiger partial charge in [0.25, 0.3) is 0 Å². The molecule has 0 atom stereocenters. The van der Waals surface area contributed by atoms with Crippen LogP contribution in [0.15, 0.2) is 24.3 Å². The van der Waals surface area contributed by atoms with Crippen LogP contribution in [0.5, 0.6) is 5.75 Å². The molecule has 0 radical (unpaired) electrons. The SMILES string of the molecule is CCC(=O)CCCOc1ccc(C(C)(C)CC)cc1. The van der Waals surface area contributed by atoms with Gasteiger partial charge in [-0.05, 0) is 36.0 Å². The standard InChI is InChI=1S/C17H26O2/c1-5-15(18)8-7-13-19-16-11-9-14(10-12-16)17(3,4)6-2/h9-12H,5-8,13H2,1-4H3. The Labute approximate surface area is 117 Å². The Morgan fingerprint density at radius 2 is 1.79 bits per heavy atom. The fraction of sp³-hybridized carbons (Fsp3) is 0.588. The smallest absolute Gasteiger partial charge is 0.132 e. The molecule has 0 saturated carbocycles. The van der Waals surface area contributed by atoms with Crippen LogP contribution >= 0.6 is 0 Å². The maximum absolute atomic E-state index is 11.2. The lowest BCUT2D eigenvalue weighted by atomic mass is 9.82. The van der Waals surface area contributed by atoms with Gasteiger partial charge in [-0.2, -0.15) is 0 Å². The van der Waals surface area contributed by atoms with E-state index < -0.39 is 0 Å². The van der Waals surface area contributed by atoms with Crippen LogP contribution in [0.3, 0.4) is 0 Å². The van der Waals surface area contributed by atoms with Crippen molar-refractivity contribution in [1.82, 2.24) is 0 Å². The third-order valence-electron chi connectivity index (χ3n) is 3.78. The third-order valence-corrected chi connectivity index (χ3v) is 3.78. The van der Waals surface area contributed by atoms with Crippen LogP contribution in [0.1, 0.15) is 58.9 Å². The van der Waals surface area contributed by atoms with Crippen molar-refractivity contribution in [3.8, 4) is 5.75 Å². The van der Waals surface area contributed by atoms with Crippen molar-refractivity contribution < 1.29 is 9.53 Å². The first-order valence-corrected chi connectivity index (χ1v) is 7.24. The number of benzene rings is 1. The van der Waals surface area contributed by atoms with E-state index in [2.05, 4.69) is 32.9 Å². The fourth-order valence-electron chi connectivity index (χ4n) is 1.84. The minimum absolute atomic E-state index is 0.214. The number of hydrogen-bond donors (Lipinski definition) is 0. The van der Waals surface area contributed by atoms with Gasteiger partial charge in [0.2, 0.25) is 0 Å². The molecule has 0 unspecified atom stereocenters. The third kappa shape index (κ3) is 5.06. The van der Waals surface area contributed by atoms with Crippen molar-refractivity contribution in [2.45, 2.75) is 58.8 Å². The van der Waals surface area contributed by atoms with Gasteiger partial charge in [0, 0.05) is 12.8 Å². The molecule has 19 heavy (non-hydrogen) atoms. The van der Waals surface area contributed by atoms with Gasteiger partial charge in [-0.25, -0.2) is 0 Å². The first kappa shape index (κ1) is 15.7. The van der Waals surface area contributed by atoms with E-state index in [9.17, 15) is 4.79 Å². The van der Waals surface area contributed by atoms with E-state index in [4.69, 9.17) is 4.74 Å². The molecular weight excluding hydrogens is 236 g/mol. The van der Waals surface area contributed by atoms with Gasteiger partial charge in [-0.15, -0.1) is 0 Å². The normalized spacial score (nSPS) is 11.4. The number of hydrogen-bond acceptors (Lipinski definition) is 2. The van der Waals surface area contributed by atoms with E-state index in [0.717, 1.165) is 18.6 Å². The summed E-state index contributed by atoms with van der Waals surface area (Å²) in [5.74, 6) is 1.20. The molecule has 0 heterocycles. The Hall–Kier alpha value is -1.31. The average molecular weight is 262 g/mol. The highest BCUT2D eigenvalue weighted by Crippen LogP contribution is 2.28. The molecule has 0 aliphatic carbocycles. The van der Waals surface area contributed by atoms with Crippen LogP contribution in [-0.4, -0.2) is 12.4 Å². The lowest BCUT2D eigenvalue weighted by molar-refractivity contribution is -0.118. The Kier molecular flexibility index (Phi) is 6.07. The van der Waals surface area contributed by atoms with Crippen molar-refractivity contribution in [3.05, 3.63) is 29.8 Å². The van der Waals surface area contributed by atoms with Gasteiger partial charge in [0.1, 0.15) is 11.5 Å². The summed E-state index contributed by atoms with van der Waals surface area (Å²) in [6, 6.07) is 8.31. The molecule has 2 nitrogen and oxygen atoms in total. The lowest BCUT2D eigenvalue weighted by Crippen LogP contribution is -2.15. The molecule has 1 aromatic carbocycles. The van der Waals surface area contributed by atoms with Crippen molar-refractivity contribution in [2.75, 3.05) is 6.61 Å². The van der Waals surface area contributed by atoms with Gasteiger partial charge in [0.15, 0.2) is 0 Å². The number of carbonyl (C=O) groups excluding carboxylic acids is 1. The van der Waals surface area contributed by atoms with E-state index in [1.54, 1.807) is 0 Å². The first-order chi connectivity index (χ1) is 8.99. The summed E-state index contributed by atoms with van der Waals surface area (Å²) >= 11 is 0. The Balaban J connectivity index is 2.43. The number of ketones is 1. The second kappa shape index (κ2) is 7.32. The number of carbonyl (C=O) groups is 1. The van der Waals surface area contributed by atoms with Crippen molar-refractivity contribution >= 4 is 5.78 Å². The van der Waals surface area contributed by atoms with E-state index in [1.807, 2.05) is 19.1 Å². The molecular formula is C17H26O2. The minimum Gasteiger partial charge on any atom is -0.494 e. The number of ether oxygens (including phenoxy) is 1. The highest BCUT2D eigenvalue weighted by atomic mass is 16.5. The zero-order valence-electron chi connectivity index (χ0n) is 12.7. The zero-order chi connectivity index (χ0) is 14.3. The minimum atomic E-state index is 0.214. The van der Waals surface area contributed by atoms with Crippen LogP contribution in [0.4, 0.5) is 0 Å². The van der Waals surface area contributed by atoms with Crippen LogP contribution in [-0.2, 0) is 10.2 Å². The average Bonchev–Trinajstić information content (AvgIpc) is 2.43. The van der Waals surface area contributed by atoms with Crippen LogP contribution in [0.25, 0.3) is 0 Å². The van der Waals surface area contributed by atoms with E-state index in [1.165, 1.54) is 5.56 Å². The Bertz CT molecular complexity index is 390. The van der Waals surface area contributed by atoms with E-state index >= 15 is 0 Å². The summed E-state index contributed by atoms with van der Waals surface area (Å²) in [6.07, 6.45) is 3.17. The monoisotopic (exact) mass is 262 g/mol. The molecule has 0 aliphatic rings. The summed E-state index contributed by atoms with van der Waals surface area (Å²) in [7, 11) is 0. The van der Waals surface area contributed by atoms with Crippen LogP contribution in [0.2, 0.25) is 0 Å². The highest BCUT2D eigenvalue weighted by Gasteiger charge is 2.17. The summed E-state index contributed by atoms with van der Waals surface area (Å²) in [5.41, 5.74) is 1.55. The van der Waals surface area contributed by atoms with E-state index in [-0.39, 0.29) is 5.41 Å². The molecule has 0 N–H and O–H groups in total. The number of Topliss-reactive ketones (excluding diaryl/α,β-unsaturated/α-hetero) is 1. The quantitative estimate of drug-likeness (QED) is 0.644. The molecule has 0 saturated heterocycles. The molecule has 0 amide bonds. The van der Waals surface area contributed by atoms with Crippen molar-refractivity contribution in [1.29, 1.82) is 0 Å². The summed E-state index contributed by atoms with van der Waals surface area (Å²) in [6.45, 7) is 9.22. The first-order valence-electron chi connectivity index (χ1n) is 7.24. The summed E-state index contributed by atoms with van der Waals surface area (Å²) in [5, 5.41) is 0. The lowest BCUT2D eigenvalue weighted by Gasteiger charge is -2.23. The molecule has 0 fully saturated rings. The van der Waals surface area contributed by atoms with Crippen LogP contribution in [0, 0.1) is 0 Å². The second-order valence-corrected chi connectivity index (χ2v) is 5.61. The maximum atomic E-state index is 11.2. The largest absolute Gasteiger partial charge is 0.494 e. The molecule has 1 rings (SSSR count). The molecule has 0 spiro atoms. The van der Waals surface area contributed by atoms with Gasteiger partial charge in [-0.1, -0.05) is 39.8 Å². The van der Waals surface area contributed by atoms with E-state index in [0.29, 0.717) is 25.2 Å². The molecule has 0 bridgehead atoms. The number of rotatable bonds is 8. The predicted octanol–water partition coefficient (Wildman–Crippen LogP) is 4.51. The topological polar surface area (TPSA) is 26.3 Å². The maximum Gasteiger partial charge on any atom is 0.132 e. The summed E-state index contributed by atoms with van der Waals surface area (Å²) < 4.78 is 5.65. The van der Waals surface area contributed by atoms with Gasteiger partial charge in [0.05, 0.1) is 6.61 Å². The molecule has 0 aromatic heterocycles. The molecule has 1 aromatic rings. The molecule has 2 heteroatoms. The van der Waals surface area contributed by atoms with Crippen molar-refractivity contribution in [3.63, 3.8) is 0 Å². The van der Waals surface area contributed by atoms with Gasteiger partial charge < -0.3 is 4.74 Å². The molecule has 106 valence electrons. The van der Waals surface area contributed by atoms with Gasteiger partial charge in [-0.3, -0.25) is 4.79 Å².